The Hall–Kier alpha value is -2.02. The molecule has 1 N–H and O–H groups in total. The number of nitrogens with one attached hydrogen (secondary N) is 1. The van der Waals surface area contributed by atoms with Crippen molar-refractivity contribution in [1.82, 2.24) is 20.1 Å². The van der Waals surface area contributed by atoms with Crippen LogP contribution < -0.4 is 10.2 Å². The molecule has 25 heavy (non-hydrogen) atoms. The monoisotopic (exact) mass is 359 g/mol. The molecule has 0 spiro atoms. The quantitative estimate of drug-likeness (QED) is 0.804. The summed E-state index contributed by atoms with van der Waals surface area (Å²) in [6.45, 7) is 6.47. The van der Waals surface area contributed by atoms with Crippen molar-refractivity contribution in [3.63, 3.8) is 0 Å². The predicted octanol–water partition coefficient (Wildman–Crippen LogP) is 2.87. The molecule has 1 fully saturated rings. The predicted molar refractivity (Wildman–Crippen MR) is 101 cm³/mol. The molecule has 1 aliphatic heterocycles. The van der Waals surface area contributed by atoms with Gasteiger partial charge >= 0.3 is 0 Å². The minimum Gasteiger partial charge on any atom is -0.355 e. The highest BCUT2D eigenvalue weighted by Gasteiger charge is 2.24. The third kappa shape index (κ3) is 4.15. The summed E-state index contributed by atoms with van der Waals surface area (Å²) in [4.78, 5) is 14.4. The van der Waals surface area contributed by atoms with Crippen molar-refractivity contribution in [3.8, 4) is 5.69 Å². The highest BCUT2D eigenvalue weighted by atomic mass is 32.2. The first-order valence-electron chi connectivity index (χ1n) is 8.91. The van der Waals surface area contributed by atoms with Gasteiger partial charge in [0.1, 0.15) is 0 Å². The van der Waals surface area contributed by atoms with E-state index in [9.17, 15) is 4.79 Å². The van der Waals surface area contributed by atoms with Gasteiger partial charge in [-0.25, -0.2) is 0 Å². The second kappa shape index (κ2) is 8.38. The lowest BCUT2D eigenvalue weighted by atomic mass is 10.1. The van der Waals surface area contributed by atoms with Crippen LogP contribution >= 0.6 is 11.8 Å². The lowest BCUT2D eigenvalue weighted by Gasteiger charge is -2.28. The van der Waals surface area contributed by atoms with E-state index in [0.717, 1.165) is 29.9 Å². The molecule has 1 aromatic heterocycles. The smallest absolute Gasteiger partial charge is 0.233 e. The number of aromatic nitrogens is 3. The Balaban J connectivity index is 1.92. The van der Waals surface area contributed by atoms with Crippen LogP contribution in [-0.2, 0) is 4.79 Å². The van der Waals surface area contributed by atoms with Crippen molar-refractivity contribution in [3.05, 3.63) is 30.3 Å². The molecule has 1 amide bonds. The molecule has 1 atom stereocenters. The molecule has 2 aromatic rings. The van der Waals surface area contributed by atoms with Gasteiger partial charge in [0, 0.05) is 19.6 Å². The maximum absolute atomic E-state index is 12.1. The Bertz CT molecular complexity index is 697. The number of hydrogen-bond acceptors (Lipinski definition) is 5. The fourth-order valence-electron chi connectivity index (χ4n) is 2.97. The fraction of sp³-hybridized carbons (Fsp3) is 0.500. The van der Waals surface area contributed by atoms with Gasteiger partial charge in [-0.3, -0.25) is 9.36 Å². The number of piperidine rings is 1. The second-order valence-electron chi connectivity index (χ2n) is 6.16. The minimum absolute atomic E-state index is 0.0228. The molecular formula is C18H25N5OS. The number of carbonyl (C=O) groups excluding carboxylic acids is 1. The summed E-state index contributed by atoms with van der Waals surface area (Å²) in [7, 11) is 0. The van der Waals surface area contributed by atoms with Crippen LogP contribution in [0.5, 0.6) is 0 Å². The van der Waals surface area contributed by atoms with Gasteiger partial charge in [-0.05, 0) is 45.2 Å². The molecule has 0 bridgehead atoms. The van der Waals surface area contributed by atoms with Crippen LogP contribution in [0.15, 0.2) is 35.5 Å². The van der Waals surface area contributed by atoms with E-state index < -0.39 is 0 Å². The third-order valence-corrected chi connectivity index (χ3v) is 5.31. The van der Waals surface area contributed by atoms with Gasteiger partial charge in [0.05, 0.1) is 10.9 Å². The zero-order valence-corrected chi connectivity index (χ0v) is 15.6. The van der Waals surface area contributed by atoms with Crippen molar-refractivity contribution >= 4 is 23.6 Å². The summed E-state index contributed by atoms with van der Waals surface area (Å²) in [6, 6.07) is 10.1. The summed E-state index contributed by atoms with van der Waals surface area (Å²) in [5.41, 5.74) is 1.03. The van der Waals surface area contributed by atoms with Gasteiger partial charge in [-0.2, -0.15) is 0 Å². The van der Waals surface area contributed by atoms with Crippen LogP contribution in [0, 0.1) is 0 Å². The number of amides is 1. The molecule has 6 nitrogen and oxygen atoms in total. The van der Waals surface area contributed by atoms with Crippen molar-refractivity contribution in [2.45, 2.75) is 43.5 Å². The maximum atomic E-state index is 12.1. The first-order chi connectivity index (χ1) is 12.2. The van der Waals surface area contributed by atoms with Gasteiger partial charge in [0.2, 0.25) is 11.9 Å². The molecule has 1 unspecified atom stereocenters. The lowest BCUT2D eigenvalue weighted by molar-refractivity contribution is -0.120. The van der Waals surface area contributed by atoms with Crippen molar-refractivity contribution in [2.24, 2.45) is 0 Å². The average Bonchev–Trinajstić information content (AvgIpc) is 3.07. The summed E-state index contributed by atoms with van der Waals surface area (Å²) in [5, 5.41) is 12.3. The van der Waals surface area contributed by atoms with Gasteiger partial charge in [-0.1, -0.05) is 30.0 Å². The number of carbonyl (C=O) groups is 1. The van der Waals surface area contributed by atoms with Gasteiger partial charge < -0.3 is 10.2 Å². The summed E-state index contributed by atoms with van der Waals surface area (Å²) in [6.07, 6.45) is 3.63. The SMILES string of the molecule is CCNC(=O)C(C)Sc1nnc(N2CCCCC2)n1-c1ccccc1. The van der Waals surface area contributed by atoms with Crippen molar-refractivity contribution < 1.29 is 4.79 Å². The van der Waals surface area contributed by atoms with Gasteiger partial charge in [0.25, 0.3) is 0 Å². The van der Waals surface area contributed by atoms with Crippen LogP contribution in [0.25, 0.3) is 5.69 Å². The highest BCUT2D eigenvalue weighted by molar-refractivity contribution is 8.00. The molecule has 1 aliphatic rings. The normalized spacial score (nSPS) is 15.8. The molecule has 134 valence electrons. The zero-order chi connectivity index (χ0) is 17.6. The molecule has 7 heteroatoms. The zero-order valence-electron chi connectivity index (χ0n) is 14.8. The molecule has 2 heterocycles. The van der Waals surface area contributed by atoms with Crippen molar-refractivity contribution in [2.75, 3.05) is 24.5 Å². The molecule has 3 rings (SSSR count). The minimum atomic E-state index is -0.221. The van der Waals surface area contributed by atoms with Crippen molar-refractivity contribution in [1.29, 1.82) is 0 Å². The molecule has 1 aromatic carbocycles. The van der Waals surface area contributed by atoms with Crippen LogP contribution in [0.3, 0.4) is 0 Å². The molecule has 0 radical (unpaired) electrons. The topological polar surface area (TPSA) is 63.1 Å². The van der Waals surface area contributed by atoms with E-state index in [1.165, 1.54) is 31.0 Å². The Labute approximate surface area is 153 Å². The summed E-state index contributed by atoms with van der Waals surface area (Å²) < 4.78 is 2.08. The fourth-order valence-corrected chi connectivity index (χ4v) is 3.86. The molecular weight excluding hydrogens is 334 g/mol. The Morgan fingerprint density at radius 3 is 2.60 bits per heavy atom. The number of nitrogens with zero attached hydrogens (tertiary/aromatic N) is 4. The highest BCUT2D eigenvalue weighted by Crippen LogP contribution is 2.30. The van der Waals surface area contributed by atoms with E-state index >= 15 is 0 Å². The number of hydrogen-bond donors (Lipinski definition) is 1. The lowest BCUT2D eigenvalue weighted by Crippen LogP contribution is -2.32. The Kier molecular flexibility index (Phi) is 5.96. The first kappa shape index (κ1) is 17.8. The van der Waals surface area contributed by atoms with Crippen LogP contribution in [0.2, 0.25) is 0 Å². The molecule has 1 saturated heterocycles. The van der Waals surface area contributed by atoms with E-state index in [-0.39, 0.29) is 11.2 Å². The van der Waals surface area contributed by atoms with E-state index in [0.29, 0.717) is 6.54 Å². The first-order valence-corrected chi connectivity index (χ1v) is 9.79. The standard InChI is InChI=1S/C18H25N5OS/c1-3-19-16(24)14(2)25-18-21-20-17(22-12-8-5-9-13-22)23(18)15-10-6-4-7-11-15/h4,6-7,10-11,14H,3,5,8-9,12-13H2,1-2H3,(H,19,24). The van der Waals surface area contributed by atoms with Crippen LogP contribution in [0.1, 0.15) is 33.1 Å². The number of thioether (sulfide) groups is 1. The average molecular weight is 359 g/mol. The van der Waals surface area contributed by atoms with Crippen LogP contribution in [-0.4, -0.2) is 45.6 Å². The van der Waals surface area contributed by atoms with E-state index in [4.69, 9.17) is 0 Å². The Morgan fingerprint density at radius 2 is 1.92 bits per heavy atom. The summed E-state index contributed by atoms with van der Waals surface area (Å²) >= 11 is 1.45. The van der Waals surface area contributed by atoms with E-state index in [1.807, 2.05) is 32.0 Å². The molecule has 0 aliphatic carbocycles. The number of benzene rings is 1. The number of para-hydroxylation sites is 1. The third-order valence-electron chi connectivity index (χ3n) is 4.27. The van der Waals surface area contributed by atoms with Gasteiger partial charge in [-0.15, -0.1) is 10.2 Å². The summed E-state index contributed by atoms with van der Waals surface area (Å²) in [5.74, 6) is 0.895. The van der Waals surface area contributed by atoms with E-state index in [2.05, 4.69) is 37.1 Å². The number of rotatable bonds is 6. The van der Waals surface area contributed by atoms with Crippen LogP contribution in [0.4, 0.5) is 5.95 Å². The second-order valence-corrected chi connectivity index (χ2v) is 7.46. The molecule has 0 saturated carbocycles. The Morgan fingerprint density at radius 1 is 1.20 bits per heavy atom. The largest absolute Gasteiger partial charge is 0.355 e. The van der Waals surface area contributed by atoms with Gasteiger partial charge in [0.15, 0.2) is 5.16 Å². The van der Waals surface area contributed by atoms with E-state index in [1.54, 1.807) is 0 Å². The maximum Gasteiger partial charge on any atom is 0.233 e. The number of anilines is 1.